The van der Waals surface area contributed by atoms with E-state index in [0.29, 0.717) is 5.82 Å². The second-order valence-corrected chi connectivity index (χ2v) is 15.8. The first-order chi connectivity index (χ1) is 28.0. The van der Waals surface area contributed by atoms with E-state index in [1.54, 1.807) is 0 Å². The second-order valence-electron chi connectivity index (χ2n) is 15.8. The van der Waals surface area contributed by atoms with Gasteiger partial charge in [-0.25, -0.2) is 9.97 Å². The van der Waals surface area contributed by atoms with Gasteiger partial charge in [-0.3, -0.25) is 0 Å². The lowest BCUT2D eigenvalue weighted by Gasteiger charge is -2.24. The third-order valence-corrected chi connectivity index (χ3v) is 12.0. The van der Waals surface area contributed by atoms with E-state index >= 15 is 0 Å². The van der Waals surface area contributed by atoms with Gasteiger partial charge in [0.25, 0.3) is 0 Å². The van der Waals surface area contributed by atoms with Gasteiger partial charge in [0.2, 0.25) is 0 Å². The number of benzene rings is 9. The van der Waals surface area contributed by atoms with Gasteiger partial charge in [0.05, 0.1) is 11.4 Å². The van der Waals surface area contributed by atoms with Gasteiger partial charge in [0, 0.05) is 22.1 Å². The fourth-order valence-corrected chi connectivity index (χ4v) is 9.22. The smallest absolute Gasteiger partial charge is 0.160 e. The van der Waals surface area contributed by atoms with E-state index in [0.717, 1.165) is 39.0 Å². The van der Waals surface area contributed by atoms with Gasteiger partial charge in [-0.05, 0) is 101 Å². The van der Waals surface area contributed by atoms with Gasteiger partial charge < -0.3 is 0 Å². The number of rotatable bonds is 5. The summed E-state index contributed by atoms with van der Waals surface area (Å²) in [5.74, 6) is 0.709. The Morgan fingerprint density at radius 1 is 0.333 bits per heavy atom. The number of fused-ring (bicyclic) bond motifs is 7. The first-order valence-corrected chi connectivity index (χ1v) is 19.7. The van der Waals surface area contributed by atoms with Gasteiger partial charge in [0.1, 0.15) is 0 Å². The summed E-state index contributed by atoms with van der Waals surface area (Å²) in [5, 5.41) is 7.47. The van der Waals surface area contributed by atoms with Gasteiger partial charge in [-0.1, -0.05) is 184 Å². The van der Waals surface area contributed by atoms with Crippen molar-refractivity contribution < 1.29 is 0 Å². The van der Waals surface area contributed by atoms with E-state index in [2.05, 4.69) is 202 Å². The Morgan fingerprint density at radius 3 is 1.75 bits per heavy atom. The maximum Gasteiger partial charge on any atom is 0.160 e. The minimum atomic E-state index is -0.131. The summed E-state index contributed by atoms with van der Waals surface area (Å²) in [4.78, 5) is 10.5. The van der Waals surface area contributed by atoms with Crippen molar-refractivity contribution in [2.45, 2.75) is 19.3 Å². The fourth-order valence-electron chi connectivity index (χ4n) is 9.22. The van der Waals surface area contributed by atoms with Crippen LogP contribution in [0.4, 0.5) is 0 Å². The van der Waals surface area contributed by atoms with Crippen LogP contribution in [0.1, 0.15) is 25.0 Å². The van der Waals surface area contributed by atoms with Crippen molar-refractivity contribution in [3.63, 3.8) is 0 Å². The van der Waals surface area contributed by atoms with Crippen LogP contribution in [0.3, 0.4) is 0 Å². The Morgan fingerprint density at radius 2 is 0.912 bits per heavy atom. The van der Waals surface area contributed by atoms with Gasteiger partial charge in [-0.2, -0.15) is 0 Å². The Hall–Kier alpha value is -7.16. The molecule has 1 aliphatic rings. The molecule has 0 bridgehead atoms. The largest absolute Gasteiger partial charge is 0.228 e. The molecule has 57 heavy (non-hydrogen) atoms. The van der Waals surface area contributed by atoms with Gasteiger partial charge in [0.15, 0.2) is 5.82 Å². The highest BCUT2D eigenvalue weighted by Crippen LogP contribution is 2.52. The molecule has 2 nitrogen and oxygen atoms in total. The quantitative estimate of drug-likeness (QED) is 0.176. The predicted molar refractivity (Wildman–Crippen MR) is 239 cm³/mol. The Kier molecular flexibility index (Phi) is 7.55. The molecule has 0 aliphatic heterocycles. The van der Waals surface area contributed by atoms with Crippen LogP contribution in [0.2, 0.25) is 0 Å². The van der Waals surface area contributed by atoms with Crippen LogP contribution < -0.4 is 0 Å². The van der Waals surface area contributed by atoms with Crippen LogP contribution >= 0.6 is 0 Å². The Labute approximate surface area is 332 Å². The molecule has 0 radical (unpaired) electrons. The fraction of sp³-hybridized carbons (Fsp3) is 0.0545. The lowest BCUT2D eigenvalue weighted by Crippen LogP contribution is -2.15. The van der Waals surface area contributed by atoms with Crippen molar-refractivity contribution in [2.24, 2.45) is 0 Å². The molecule has 0 N–H and O–H groups in total. The molecule has 0 unspecified atom stereocenters. The molecule has 2 heteroatoms. The molecular weight excluding hydrogens is 689 g/mol. The van der Waals surface area contributed by atoms with Crippen LogP contribution in [-0.2, 0) is 5.41 Å². The molecule has 1 aliphatic carbocycles. The molecule has 11 rings (SSSR count). The van der Waals surface area contributed by atoms with Crippen LogP contribution in [0.5, 0.6) is 0 Å². The zero-order valence-corrected chi connectivity index (χ0v) is 31.9. The number of aromatic nitrogens is 2. The van der Waals surface area contributed by atoms with E-state index in [4.69, 9.17) is 9.97 Å². The third kappa shape index (κ3) is 5.48. The zero-order valence-electron chi connectivity index (χ0n) is 31.9. The standard InChI is InChI=1S/C55H38N2/c1-55(2)50-33-41(26-27-47(50)49-28-25-36-14-8-9-20-44(36)53(49)55)43-29-30-48(46-22-11-10-21-45(43)46)52-34-51(56-54(57-52)37-15-4-3-5-16-37)42-19-12-18-39(32-42)40-24-23-35-13-6-7-17-38(35)31-40/h3-34H,1-2H3. The van der Waals surface area contributed by atoms with E-state index < -0.39 is 0 Å². The average molecular weight is 727 g/mol. The molecular formula is C55H38N2. The number of hydrogen-bond acceptors (Lipinski definition) is 2. The Balaban J connectivity index is 1.04. The summed E-state index contributed by atoms with van der Waals surface area (Å²) >= 11 is 0. The first kappa shape index (κ1) is 33.2. The van der Waals surface area contributed by atoms with Gasteiger partial charge in [-0.15, -0.1) is 0 Å². The molecule has 0 saturated carbocycles. The molecule has 1 heterocycles. The molecule has 1 aromatic heterocycles. The van der Waals surface area contributed by atoms with Crippen LogP contribution in [0.25, 0.3) is 99.6 Å². The maximum absolute atomic E-state index is 5.27. The lowest BCUT2D eigenvalue weighted by atomic mass is 9.79. The molecule has 0 fully saturated rings. The van der Waals surface area contributed by atoms with Crippen molar-refractivity contribution in [2.75, 3.05) is 0 Å². The zero-order chi connectivity index (χ0) is 38.1. The molecule has 0 spiro atoms. The SMILES string of the molecule is CC1(C)c2cc(-c3ccc(-c4cc(-c5cccc(-c6ccc7ccccc7c6)c5)nc(-c5ccccc5)n4)c4ccccc34)ccc2-c2ccc3ccccc3c21. The monoisotopic (exact) mass is 726 g/mol. The third-order valence-electron chi connectivity index (χ3n) is 12.0. The number of hydrogen-bond donors (Lipinski definition) is 0. The summed E-state index contributed by atoms with van der Waals surface area (Å²) in [7, 11) is 0. The van der Waals surface area contributed by atoms with Crippen molar-refractivity contribution in [3.05, 3.63) is 205 Å². The summed E-state index contributed by atoms with van der Waals surface area (Å²) in [6, 6.07) is 70.1. The summed E-state index contributed by atoms with van der Waals surface area (Å²) in [5.41, 5.74) is 15.0. The van der Waals surface area contributed by atoms with Crippen LogP contribution in [0.15, 0.2) is 194 Å². The topological polar surface area (TPSA) is 25.8 Å². The first-order valence-electron chi connectivity index (χ1n) is 19.7. The van der Waals surface area contributed by atoms with E-state index in [1.165, 1.54) is 65.9 Å². The minimum Gasteiger partial charge on any atom is -0.228 e. The van der Waals surface area contributed by atoms with Crippen LogP contribution in [0, 0.1) is 0 Å². The maximum atomic E-state index is 5.27. The lowest BCUT2D eigenvalue weighted by molar-refractivity contribution is 0.666. The average Bonchev–Trinajstić information content (AvgIpc) is 3.51. The minimum absolute atomic E-state index is 0.131. The molecule has 0 amide bonds. The summed E-state index contributed by atoms with van der Waals surface area (Å²) in [6.45, 7) is 4.76. The van der Waals surface area contributed by atoms with E-state index in [-0.39, 0.29) is 5.41 Å². The van der Waals surface area contributed by atoms with Crippen molar-refractivity contribution >= 4 is 32.3 Å². The molecule has 268 valence electrons. The highest BCUT2D eigenvalue weighted by atomic mass is 14.9. The number of nitrogens with zero attached hydrogens (tertiary/aromatic N) is 2. The highest BCUT2D eigenvalue weighted by molar-refractivity contribution is 6.06. The second kappa shape index (κ2) is 13.0. The highest BCUT2D eigenvalue weighted by Gasteiger charge is 2.37. The molecule has 0 atom stereocenters. The summed E-state index contributed by atoms with van der Waals surface area (Å²) in [6.07, 6.45) is 0. The van der Waals surface area contributed by atoms with Crippen LogP contribution in [-0.4, -0.2) is 9.97 Å². The van der Waals surface area contributed by atoms with Crippen molar-refractivity contribution in [3.8, 4) is 67.3 Å². The van der Waals surface area contributed by atoms with Crippen molar-refractivity contribution in [1.29, 1.82) is 0 Å². The van der Waals surface area contributed by atoms with Crippen molar-refractivity contribution in [1.82, 2.24) is 9.97 Å². The van der Waals surface area contributed by atoms with Gasteiger partial charge >= 0.3 is 0 Å². The Bertz CT molecular complexity index is 3210. The molecule has 0 saturated heterocycles. The van der Waals surface area contributed by atoms with E-state index in [1.807, 2.05) is 6.07 Å². The molecule has 9 aromatic carbocycles. The predicted octanol–water partition coefficient (Wildman–Crippen LogP) is 14.6. The molecule has 10 aromatic rings. The summed E-state index contributed by atoms with van der Waals surface area (Å²) < 4.78 is 0. The van der Waals surface area contributed by atoms with E-state index in [9.17, 15) is 0 Å². The normalized spacial score (nSPS) is 12.9.